The molecule has 1 aliphatic rings. The zero-order chi connectivity index (χ0) is 15.9. The molecule has 0 N–H and O–H groups in total. The van der Waals surface area contributed by atoms with Crippen LogP contribution in [0.5, 0.6) is 0 Å². The lowest BCUT2D eigenvalue weighted by Crippen LogP contribution is -2.60. The molecule has 0 bridgehead atoms. The van der Waals surface area contributed by atoms with Gasteiger partial charge in [-0.15, -0.1) is 6.42 Å². The van der Waals surface area contributed by atoms with Crippen LogP contribution in [0.4, 0.5) is 4.39 Å². The predicted molar refractivity (Wildman–Crippen MR) is 81.6 cm³/mol. The van der Waals surface area contributed by atoms with E-state index in [-0.39, 0.29) is 19.0 Å². The molecule has 5 heteroatoms. The molecule has 0 atom stereocenters. The van der Waals surface area contributed by atoms with Crippen molar-refractivity contribution in [3.05, 3.63) is 47.3 Å². The Morgan fingerprint density at radius 2 is 1.95 bits per heavy atom. The number of carbonyl (C=O) groups is 1. The van der Waals surface area contributed by atoms with Crippen LogP contribution in [0.15, 0.2) is 30.3 Å². The number of amides is 1. The van der Waals surface area contributed by atoms with Crippen LogP contribution >= 0.6 is 0 Å². The first-order valence-corrected chi connectivity index (χ1v) is 7.01. The van der Waals surface area contributed by atoms with Gasteiger partial charge in [-0.25, -0.2) is 9.07 Å². The Labute approximate surface area is 128 Å². The molecular formula is C17H16FN3O. The number of likely N-dealkylation sites (tertiary alicyclic amines) is 1. The molecule has 1 amide bonds. The Morgan fingerprint density at radius 3 is 2.45 bits per heavy atom. The third kappa shape index (κ3) is 2.37. The number of rotatable bonds is 2. The van der Waals surface area contributed by atoms with Crippen LogP contribution in [0.2, 0.25) is 0 Å². The van der Waals surface area contributed by atoms with Gasteiger partial charge in [0.05, 0.1) is 24.5 Å². The lowest BCUT2D eigenvalue weighted by Gasteiger charge is -2.41. The van der Waals surface area contributed by atoms with E-state index in [2.05, 4.69) is 11.0 Å². The Balaban J connectivity index is 1.77. The van der Waals surface area contributed by atoms with E-state index in [9.17, 15) is 9.18 Å². The normalized spacial score (nSPS) is 16.0. The van der Waals surface area contributed by atoms with Crippen molar-refractivity contribution in [1.82, 2.24) is 14.7 Å². The van der Waals surface area contributed by atoms with Crippen LogP contribution in [-0.2, 0) is 0 Å². The molecule has 2 aromatic rings. The maximum Gasteiger partial charge on any atom is 0.254 e. The van der Waals surface area contributed by atoms with Crippen molar-refractivity contribution in [1.29, 1.82) is 0 Å². The number of aryl methyl sites for hydroxylation is 2. The summed E-state index contributed by atoms with van der Waals surface area (Å²) in [5.41, 5.74) is 1.69. The van der Waals surface area contributed by atoms with Crippen LogP contribution in [0.1, 0.15) is 21.7 Å². The average molecular weight is 297 g/mol. The van der Waals surface area contributed by atoms with Crippen LogP contribution < -0.4 is 0 Å². The summed E-state index contributed by atoms with van der Waals surface area (Å²) < 4.78 is 15.5. The standard InChI is InChI=1S/C17H16FN3O/c1-4-17(18)10-20(11-17)16(22)14-5-7-15(8-6-14)21-13(3)9-12(2)19-21/h1,5-9H,10-11H2,2-3H3. The van der Waals surface area contributed by atoms with Gasteiger partial charge < -0.3 is 4.90 Å². The van der Waals surface area contributed by atoms with Crippen LogP contribution in [0.3, 0.4) is 0 Å². The minimum atomic E-state index is -1.67. The second-order valence-corrected chi connectivity index (χ2v) is 5.66. The zero-order valence-corrected chi connectivity index (χ0v) is 12.5. The van der Waals surface area contributed by atoms with Crippen molar-refractivity contribution >= 4 is 5.91 Å². The second kappa shape index (κ2) is 4.99. The van der Waals surface area contributed by atoms with E-state index >= 15 is 0 Å². The lowest BCUT2D eigenvalue weighted by atomic mass is 9.96. The Kier molecular flexibility index (Phi) is 3.25. The highest BCUT2D eigenvalue weighted by molar-refractivity contribution is 5.95. The third-order valence-electron chi connectivity index (χ3n) is 3.80. The van der Waals surface area contributed by atoms with E-state index in [4.69, 9.17) is 6.42 Å². The first-order chi connectivity index (χ1) is 10.4. The highest BCUT2D eigenvalue weighted by atomic mass is 19.1. The van der Waals surface area contributed by atoms with Gasteiger partial charge in [0, 0.05) is 11.3 Å². The fraction of sp³-hybridized carbons (Fsp3) is 0.294. The van der Waals surface area contributed by atoms with Gasteiger partial charge in [-0.1, -0.05) is 5.92 Å². The van der Waals surface area contributed by atoms with Gasteiger partial charge in [0.1, 0.15) is 0 Å². The number of alkyl halides is 1. The fourth-order valence-corrected chi connectivity index (χ4v) is 2.61. The van der Waals surface area contributed by atoms with Gasteiger partial charge in [0.25, 0.3) is 5.91 Å². The van der Waals surface area contributed by atoms with E-state index in [1.165, 1.54) is 4.90 Å². The number of halogens is 1. The topological polar surface area (TPSA) is 38.1 Å². The van der Waals surface area contributed by atoms with Crippen molar-refractivity contribution < 1.29 is 9.18 Å². The van der Waals surface area contributed by atoms with E-state index in [1.807, 2.05) is 36.7 Å². The average Bonchev–Trinajstić information content (AvgIpc) is 2.82. The molecule has 0 spiro atoms. The SMILES string of the molecule is C#CC1(F)CN(C(=O)c2ccc(-n3nc(C)cc3C)cc2)C1. The summed E-state index contributed by atoms with van der Waals surface area (Å²) in [6, 6.07) is 9.09. The zero-order valence-electron chi connectivity index (χ0n) is 12.5. The molecule has 0 aliphatic carbocycles. The summed E-state index contributed by atoms with van der Waals surface area (Å²) in [5, 5.41) is 4.40. The van der Waals surface area contributed by atoms with Crippen LogP contribution in [0.25, 0.3) is 5.69 Å². The number of benzene rings is 1. The largest absolute Gasteiger partial charge is 0.330 e. The monoisotopic (exact) mass is 297 g/mol. The fourth-order valence-electron chi connectivity index (χ4n) is 2.61. The third-order valence-corrected chi connectivity index (χ3v) is 3.80. The summed E-state index contributed by atoms with van der Waals surface area (Å²) in [5.74, 6) is 1.88. The number of aromatic nitrogens is 2. The summed E-state index contributed by atoms with van der Waals surface area (Å²) >= 11 is 0. The maximum atomic E-state index is 13.7. The molecule has 0 radical (unpaired) electrons. The molecule has 1 aliphatic heterocycles. The molecule has 1 aromatic heterocycles. The maximum absolute atomic E-state index is 13.7. The molecule has 0 unspecified atom stereocenters. The molecule has 1 saturated heterocycles. The van der Waals surface area contributed by atoms with Crippen molar-refractivity contribution in [3.8, 4) is 18.0 Å². The van der Waals surface area contributed by atoms with Gasteiger partial charge in [-0.05, 0) is 44.2 Å². The molecule has 22 heavy (non-hydrogen) atoms. The van der Waals surface area contributed by atoms with Gasteiger partial charge in [-0.3, -0.25) is 4.79 Å². The second-order valence-electron chi connectivity index (χ2n) is 5.66. The minimum absolute atomic E-state index is 0.0401. The molecule has 4 nitrogen and oxygen atoms in total. The number of hydrogen-bond acceptors (Lipinski definition) is 2. The first-order valence-electron chi connectivity index (χ1n) is 7.01. The Bertz CT molecular complexity index is 764. The van der Waals surface area contributed by atoms with E-state index in [0.717, 1.165) is 17.1 Å². The Morgan fingerprint density at radius 1 is 1.32 bits per heavy atom. The van der Waals surface area contributed by atoms with Crippen LogP contribution in [0, 0.1) is 26.2 Å². The van der Waals surface area contributed by atoms with Crippen LogP contribution in [-0.4, -0.2) is 39.3 Å². The van der Waals surface area contributed by atoms with Crippen molar-refractivity contribution in [2.45, 2.75) is 19.5 Å². The van der Waals surface area contributed by atoms with E-state index < -0.39 is 5.67 Å². The van der Waals surface area contributed by atoms with Gasteiger partial charge in [-0.2, -0.15) is 5.10 Å². The van der Waals surface area contributed by atoms with E-state index in [0.29, 0.717) is 5.56 Å². The molecule has 3 rings (SSSR count). The molecule has 1 fully saturated rings. The summed E-state index contributed by atoms with van der Waals surface area (Å²) in [4.78, 5) is 13.6. The van der Waals surface area contributed by atoms with Crippen molar-refractivity contribution in [3.63, 3.8) is 0 Å². The molecule has 1 aromatic carbocycles. The summed E-state index contributed by atoms with van der Waals surface area (Å²) in [6.07, 6.45) is 5.10. The predicted octanol–water partition coefficient (Wildman–Crippen LogP) is 2.29. The number of terminal acetylenes is 1. The number of nitrogens with zero attached hydrogens (tertiary/aromatic N) is 3. The number of hydrogen-bond donors (Lipinski definition) is 0. The van der Waals surface area contributed by atoms with E-state index in [1.54, 1.807) is 12.1 Å². The number of carbonyl (C=O) groups excluding carboxylic acids is 1. The quantitative estimate of drug-likeness (QED) is 0.798. The molecule has 0 saturated carbocycles. The molecule has 2 heterocycles. The van der Waals surface area contributed by atoms with Crippen molar-refractivity contribution in [2.24, 2.45) is 0 Å². The minimum Gasteiger partial charge on any atom is -0.330 e. The molecule has 112 valence electrons. The summed E-state index contributed by atoms with van der Waals surface area (Å²) in [6.45, 7) is 3.82. The summed E-state index contributed by atoms with van der Waals surface area (Å²) in [7, 11) is 0. The van der Waals surface area contributed by atoms with Gasteiger partial charge in [0.15, 0.2) is 0 Å². The Hall–Kier alpha value is -2.61. The van der Waals surface area contributed by atoms with Crippen molar-refractivity contribution in [2.75, 3.05) is 13.1 Å². The smallest absolute Gasteiger partial charge is 0.254 e. The highest BCUT2D eigenvalue weighted by Gasteiger charge is 2.44. The molecular weight excluding hydrogens is 281 g/mol. The van der Waals surface area contributed by atoms with Gasteiger partial charge in [0.2, 0.25) is 5.67 Å². The first kappa shape index (κ1) is 14.3. The highest BCUT2D eigenvalue weighted by Crippen LogP contribution is 2.26. The van der Waals surface area contributed by atoms with Gasteiger partial charge >= 0.3 is 0 Å². The lowest BCUT2D eigenvalue weighted by molar-refractivity contribution is 0.0134.